The molecule has 0 aliphatic rings. The van der Waals surface area contributed by atoms with Gasteiger partial charge in [-0.3, -0.25) is 4.79 Å². The Hall–Kier alpha value is -3.68. The number of pyridine rings is 2. The van der Waals surface area contributed by atoms with E-state index in [0.29, 0.717) is 34.8 Å². The van der Waals surface area contributed by atoms with Gasteiger partial charge in [0.25, 0.3) is 0 Å². The molecule has 0 fully saturated rings. The summed E-state index contributed by atoms with van der Waals surface area (Å²) in [6.07, 6.45) is -0.218. The molecule has 0 saturated heterocycles. The highest BCUT2D eigenvalue weighted by atomic mass is 19.4. The molecule has 4 rings (SSSR count). The van der Waals surface area contributed by atoms with Crippen molar-refractivity contribution in [2.24, 2.45) is 0 Å². The third-order valence-electron chi connectivity index (χ3n) is 4.51. The van der Waals surface area contributed by atoms with E-state index >= 15 is 0 Å². The number of hydrogen-bond donors (Lipinski definition) is 2. The van der Waals surface area contributed by atoms with Gasteiger partial charge in [0.15, 0.2) is 6.29 Å². The summed E-state index contributed by atoms with van der Waals surface area (Å²) in [7, 11) is 0. The van der Waals surface area contributed by atoms with E-state index in [1.54, 1.807) is 30.6 Å². The van der Waals surface area contributed by atoms with E-state index in [1.807, 2.05) is 6.07 Å². The Morgan fingerprint density at radius 3 is 2.59 bits per heavy atom. The minimum Gasteiger partial charge on any atom is -0.366 e. The molecule has 2 N–H and O–H groups in total. The maximum Gasteiger partial charge on any atom is 0.416 e. The van der Waals surface area contributed by atoms with Crippen molar-refractivity contribution in [3.63, 3.8) is 0 Å². The smallest absolute Gasteiger partial charge is 0.366 e. The van der Waals surface area contributed by atoms with Gasteiger partial charge < -0.3 is 10.3 Å². The summed E-state index contributed by atoms with van der Waals surface area (Å²) in [5, 5.41) is 3.92. The Morgan fingerprint density at radius 2 is 1.86 bits per heavy atom. The summed E-state index contributed by atoms with van der Waals surface area (Å²) >= 11 is 0. The molecule has 0 radical (unpaired) electrons. The Morgan fingerprint density at radius 1 is 1.07 bits per heavy atom. The molecular formula is C21H15F3N4O. The second-order valence-corrected chi connectivity index (χ2v) is 6.40. The average Bonchev–Trinajstić information content (AvgIpc) is 3.16. The van der Waals surface area contributed by atoms with Crippen LogP contribution in [-0.2, 0) is 12.7 Å². The van der Waals surface area contributed by atoms with Crippen molar-refractivity contribution in [2.45, 2.75) is 12.7 Å². The third kappa shape index (κ3) is 3.82. The van der Waals surface area contributed by atoms with Gasteiger partial charge in [0.05, 0.1) is 11.3 Å². The van der Waals surface area contributed by atoms with Gasteiger partial charge >= 0.3 is 6.18 Å². The van der Waals surface area contributed by atoms with Crippen LogP contribution in [0, 0.1) is 0 Å². The monoisotopic (exact) mass is 396 g/mol. The number of anilines is 1. The van der Waals surface area contributed by atoms with E-state index in [-0.39, 0.29) is 0 Å². The number of carbonyl (C=O) groups is 1. The van der Waals surface area contributed by atoms with E-state index in [2.05, 4.69) is 20.3 Å². The summed E-state index contributed by atoms with van der Waals surface area (Å²) in [6, 6.07) is 11.9. The van der Waals surface area contributed by atoms with E-state index < -0.39 is 11.7 Å². The summed E-state index contributed by atoms with van der Waals surface area (Å²) in [5.41, 5.74) is 2.34. The standard InChI is InChI=1S/C21H15F3N4O/c22-21(23,24)15-6-3-13(4-7-15)10-26-18-8-5-14(12-29)19(28-18)17-11-27-20-16(17)2-1-9-25-20/h1-9,11-12H,10H2,(H,25,27)(H,26,28). The number of hydrogen-bond acceptors (Lipinski definition) is 4. The summed E-state index contributed by atoms with van der Waals surface area (Å²) in [5.74, 6) is 0.503. The number of halogens is 3. The van der Waals surface area contributed by atoms with Crippen molar-refractivity contribution < 1.29 is 18.0 Å². The van der Waals surface area contributed by atoms with Crippen molar-refractivity contribution in [1.82, 2.24) is 15.0 Å². The topological polar surface area (TPSA) is 70.7 Å². The number of aromatic nitrogens is 3. The number of alkyl halides is 3. The average molecular weight is 396 g/mol. The summed E-state index contributed by atoms with van der Waals surface area (Å²) in [4.78, 5) is 23.3. The first-order valence-corrected chi connectivity index (χ1v) is 8.74. The number of aldehydes is 1. The molecule has 0 aliphatic heterocycles. The lowest BCUT2D eigenvalue weighted by molar-refractivity contribution is -0.137. The molecule has 0 aliphatic carbocycles. The van der Waals surface area contributed by atoms with Crippen LogP contribution < -0.4 is 5.32 Å². The zero-order chi connectivity index (χ0) is 20.4. The van der Waals surface area contributed by atoms with Crippen molar-refractivity contribution in [1.29, 1.82) is 0 Å². The van der Waals surface area contributed by atoms with Crippen LogP contribution in [0.5, 0.6) is 0 Å². The van der Waals surface area contributed by atoms with Crippen molar-refractivity contribution >= 4 is 23.1 Å². The molecule has 3 aromatic heterocycles. The zero-order valence-electron chi connectivity index (χ0n) is 15.0. The van der Waals surface area contributed by atoms with E-state index in [9.17, 15) is 18.0 Å². The fourth-order valence-corrected chi connectivity index (χ4v) is 3.04. The van der Waals surface area contributed by atoms with Crippen molar-refractivity contribution in [3.8, 4) is 11.3 Å². The lowest BCUT2D eigenvalue weighted by atomic mass is 10.1. The molecule has 0 atom stereocenters. The Bertz CT molecular complexity index is 1170. The third-order valence-corrected chi connectivity index (χ3v) is 4.51. The van der Waals surface area contributed by atoms with Crippen molar-refractivity contribution in [3.05, 3.63) is 77.6 Å². The molecule has 0 unspecified atom stereocenters. The van der Waals surface area contributed by atoms with Crippen LogP contribution in [0.15, 0.2) is 60.9 Å². The highest BCUT2D eigenvalue weighted by molar-refractivity contribution is 5.97. The predicted molar refractivity (Wildman–Crippen MR) is 103 cm³/mol. The van der Waals surface area contributed by atoms with Crippen molar-refractivity contribution in [2.75, 3.05) is 5.32 Å². The number of fused-ring (bicyclic) bond motifs is 1. The molecule has 0 saturated carbocycles. The van der Waals surface area contributed by atoms with Crippen LogP contribution in [0.25, 0.3) is 22.3 Å². The largest absolute Gasteiger partial charge is 0.416 e. The van der Waals surface area contributed by atoms with Crippen LogP contribution in [-0.4, -0.2) is 21.2 Å². The van der Waals surface area contributed by atoms with Crippen LogP contribution in [0.2, 0.25) is 0 Å². The molecule has 3 heterocycles. The zero-order valence-corrected chi connectivity index (χ0v) is 15.0. The van der Waals surface area contributed by atoms with Gasteiger partial charge in [-0.1, -0.05) is 12.1 Å². The Kier molecular flexibility index (Phi) is 4.75. The van der Waals surface area contributed by atoms with Crippen LogP contribution in [0.4, 0.5) is 19.0 Å². The van der Waals surface area contributed by atoms with E-state index in [0.717, 1.165) is 29.4 Å². The first-order chi connectivity index (χ1) is 14.0. The lowest BCUT2D eigenvalue weighted by Crippen LogP contribution is -2.06. The second-order valence-electron chi connectivity index (χ2n) is 6.40. The van der Waals surface area contributed by atoms with Gasteiger partial charge in [-0.2, -0.15) is 13.2 Å². The Balaban J connectivity index is 1.59. The first kappa shape index (κ1) is 18.7. The molecule has 1 aromatic carbocycles. The molecule has 29 heavy (non-hydrogen) atoms. The van der Waals surface area contributed by atoms with Crippen LogP contribution >= 0.6 is 0 Å². The number of aromatic amines is 1. The Labute approximate surface area is 163 Å². The molecule has 0 bridgehead atoms. The van der Waals surface area contributed by atoms with Gasteiger partial charge in [0, 0.05) is 35.5 Å². The normalized spacial score (nSPS) is 11.6. The molecule has 5 nitrogen and oxygen atoms in total. The van der Waals surface area contributed by atoms with Gasteiger partial charge in [-0.15, -0.1) is 0 Å². The fraction of sp³-hybridized carbons (Fsp3) is 0.0952. The fourth-order valence-electron chi connectivity index (χ4n) is 3.04. The number of nitrogens with zero attached hydrogens (tertiary/aromatic N) is 2. The van der Waals surface area contributed by atoms with E-state index in [4.69, 9.17) is 0 Å². The summed E-state index contributed by atoms with van der Waals surface area (Å²) < 4.78 is 38.0. The molecule has 8 heteroatoms. The maximum absolute atomic E-state index is 12.7. The van der Waals surface area contributed by atoms with E-state index in [1.165, 1.54) is 12.1 Å². The van der Waals surface area contributed by atoms with Gasteiger partial charge in [-0.25, -0.2) is 9.97 Å². The predicted octanol–water partition coefficient (Wildman–Crippen LogP) is 5.07. The number of H-pyrrole nitrogens is 1. The minimum absolute atomic E-state index is 0.292. The van der Waals surface area contributed by atoms with Crippen LogP contribution in [0.1, 0.15) is 21.5 Å². The van der Waals surface area contributed by atoms with Gasteiger partial charge in [-0.05, 0) is 42.0 Å². The number of carbonyl (C=O) groups excluding carboxylic acids is 1. The summed E-state index contributed by atoms with van der Waals surface area (Å²) in [6.45, 7) is 0.292. The number of nitrogens with one attached hydrogen (secondary N) is 2. The minimum atomic E-state index is -4.36. The highest BCUT2D eigenvalue weighted by Crippen LogP contribution is 2.30. The van der Waals surface area contributed by atoms with Gasteiger partial charge in [0.1, 0.15) is 11.5 Å². The number of benzene rings is 1. The SMILES string of the molecule is O=Cc1ccc(NCc2ccc(C(F)(F)F)cc2)nc1-c1c[nH]c2ncccc12. The maximum atomic E-state index is 12.7. The lowest BCUT2D eigenvalue weighted by Gasteiger charge is -2.11. The van der Waals surface area contributed by atoms with Crippen LogP contribution in [0.3, 0.4) is 0 Å². The molecule has 0 spiro atoms. The first-order valence-electron chi connectivity index (χ1n) is 8.74. The molecular weight excluding hydrogens is 381 g/mol. The molecule has 146 valence electrons. The van der Waals surface area contributed by atoms with Gasteiger partial charge in [0.2, 0.25) is 0 Å². The highest BCUT2D eigenvalue weighted by Gasteiger charge is 2.29. The molecule has 0 amide bonds. The quantitative estimate of drug-likeness (QED) is 0.462. The second kappa shape index (κ2) is 7.38. The number of rotatable bonds is 5. The molecule has 4 aromatic rings.